The average molecular weight is 322 g/mol. The number of H-pyrrole nitrogens is 1. The van der Waals surface area contributed by atoms with Crippen LogP contribution in [0.5, 0.6) is 0 Å². The highest BCUT2D eigenvalue weighted by Crippen LogP contribution is 2.57. The Bertz CT molecular complexity index is 879. The van der Waals surface area contributed by atoms with Crippen molar-refractivity contribution >= 4 is 10.9 Å². The van der Waals surface area contributed by atoms with Gasteiger partial charge in [-0.1, -0.05) is 12.1 Å². The van der Waals surface area contributed by atoms with Gasteiger partial charge in [0.05, 0.1) is 30.2 Å². The Morgan fingerprint density at radius 1 is 1.26 bits per heavy atom. The van der Waals surface area contributed by atoms with Crippen molar-refractivity contribution < 1.29 is 13.5 Å². The molecule has 122 valence electrons. The number of nitrogens with zero attached hydrogens (tertiary/aromatic N) is 1. The lowest BCUT2D eigenvalue weighted by atomic mass is 9.65. The van der Waals surface area contributed by atoms with Crippen LogP contribution in [0.4, 0.5) is 8.78 Å². The van der Waals surface area contributed by atoms with E-state index in [4.69, 9.17) is 4.74 Å². The van der Waals surface area contributed by atoms with Gasteiger partial charge in [-0.05, 0) is 18.6 Å². The highest BCUT2D eigenvalue weighted by Gasteiger charge is 2.59. The van der Waals surface area contributed by atoms with E-state index in [0.29, 0.717) is 17.3 Å². The number of ether oxygens (including phenoxy) is 1. The van der Waals surface area contributed by atoms with Gasteiger partial charge in [0.1, 0.15) is 0 Å². The van der Waals surface area contributed by atoms with Crippen LogP contribution in [0, 0.1) is 5.41 Å². The molecule has 1 aliphatic heterocycles. The SMILES string of the molecule is O=c1[nH]c2ccccc2c(=O)n1CC1CC2(CO1)CC(F)(F)C2. The second-order valence-electron chi connectivity index (χ2n) is 6.74. The van der Waals surface area contributed by atoms with Gasteiger partial charge in [0, 0.05) is 18.3 Å². The van der Waals surface area contributed by atoms with Gasteiger partial charge in [-0.3, -0.25) is 9.36 Å². The van der Waals surface area contributed by atoms with Gasteiger partial charge in [0.25, 0.3) is 5.56 Å². The first-order valence-corrected chi connectivity index (χ1v) is 7.59. The van der Waals surface area contributed by atoms with E-state index in [2.05, 4.69) is 4.98 Å². The van der Waals surface area contributed by atoms with Gasteiger partial charge in [0.2, 0.25) is 5.92 Å². The zero-order valence-electron chi connectivity index (χ0n) is 12.4. The number of benzene rings is 1. The summed E-state index contributed by atoms with van der Waals surface area (Å²) in [6.07, 6.45) is -0.258. The maximum atomic E-state index is 13.1. The van der Waals surface area contributed by atoms with Crippen molar-refractivity contribution in [3.05, 3.63) is 45.1 Å². The lowest BCUT2D eigenvalue weighted by Gasteiger charge is -2.43. The van der Waals surface area contributed by atoms with Crippen molar-refractivity contribution in [3.63, 3.8) is 0 Å². The maximum Gasteiger partial charge on any atom is 0.328 e. The number of alkyl halides is 2. The fourth-order valence-electron chi connectivity index (χ4n) is 3.87. The third-order valence-electron chi connectivity index (χ3n) is 4.83. The summed E-state index contributed by atoms with van der Waals surface area (Å²) in [6, 6.07) is 6.78. The van der Waals surface area contributed by atoms with Crippen molar-refractivity contribution in [1.29, 1.82) is 0 Å². The van der Waals surface area contributed by atoms with Crippen molar-refractivity contribution in [2.24, 2.45) is 5.41 Å². The smallest absolute Gasteiger partial charge is 0.328 e. The summed E-state index contributed by atoms with van der Waals surface area (Å²) in [5.41, 5.74) is -0.882. The predicted octanol–water partition coefficient (Wildman–Crippen LogP) is 1.89. The molecule has 4 rings (SSSR count). The second kappa shape index (κ2) is 4.74. The summed E-state index contributed by atoms with van der Waals surface area (Å²) in [4.78, 5) is 27.2. The van der Waals surface area contributed by atoms with Crippen molar-refractivity contribution in [2.45, 2.75) is 37.8 Å². The molecule has 1 saturated heterocycles. The quantitative estimate of drug-likeness (QED) is 0.918. The van der Waals surface area contributed by atoms with Crippen LogP contribution in [-0.4, -0.2) is 28.2 Å². The number of rotatable bonds is 2. The molecule has 2 aromatic rings. The number of halogens is 2. The third-order valence-corrected chi connectivity index (χ3v) is 4.83. The van der Waals surface area contributed by atoms with Gasteiger partial charge in [-0.15, -0.1) is 0 Å². The number of para-hydroxylation sites is 1. The van der Waals surface area contributed by atoms with Crippen LogP contribution in [-0.2, 0) is 11.3 Å². The van der Waals surface area contributed by atoms with Crippen LogP contribution in [0.2, 0.25) is 0 Å². The number of nitrogens with one attached hydrogen (secondary N) is 1. The largest absolute Gasteiger partial charge is 0.376 e. The minimum atomic E-state index is -2.60. The summed E-state index contributed by atoms with van der Waals surface area (Å²) in [5.74, 6) is -2.60. The monoisotopic (exact) mass is 322 g/mol. The van der Waals surface area contributed by atoms with Crippen LogP contribution in [0.15, 0.2) is 33.9 Å². The first kappa shape index (κ1) is 14.6. The van der Waals surface area contributed by atoms with Crippen LogP contribution in [0.1, 0.15) is 19.3 Å². The molecule has 1 atom stereocenters. The van der Waals surface area contributed by atoms with Gasteiger partial charge < -0.3 is 9.72 Å². The molecular weight excluding hydrogens is 306 g/mol. The summed E-state index contributed by atoms with van der Waals surface area (Å²) >= 11 is 0. The minimum absolute atomic E-state index is 0.0896. The fraction of sp³-hybridized carbons (Fsp3) is 0.500. The van der Waals surface area contributed by atoms with Crippen LogP contribution in [0.25, 0.3) is 10.9 Å². The number of fused-ring (bicyclic) bond motifs is 1. The zero-order chi connectivity index (χ0) is 16.2. The van der Waals surface area contributed by atoms with E-state index in [1.54, 1.807) is 24.3 Å². The first-order valence-electron chi connectivity index (χ1n) is 7.59. The van der Waals surface area contributed by atoms with Gasteiger partial charge in [-0.2, -0.15) is 0 Å². The van der Waals surface area contributed by atoms with Crippen LogP contribution >= 0.6 is 0 Å². The summed E-state index contributed by atoms with van der Waals surface area (Å²) in [6.45, 7) is 0.361. The molecule has 2 heterocycles. The summed E-state index contributed by atoms with van der Waals surface area (Å²) in [5, 5.41) is 0.426. The zero-order valence-corrected chi connectivity index (χ0v) is 12.4. The Balaban J connectivity index is 1.60. The van der Waals surface area contributed by atoms with Crippen LogP contribution in [0.3, 0.4) is 0 Å². The highest BCUT2D eigenvalue weighted by molar-refractivity contribution is 5.76. The Hall–Kier alpha value is -2.02. The minimum Gasteiger partial charge on any atom is -0.376 e. The van der Waals surface area contributed by atoms with E-state index < -0.39 is 17.0 Å². The van der Waals surface area contributed by atoms with Crippen LogP contribution < -0.4 is 11.2 Å². The Labute approximate surface area is 129 Å². The molecule has 0 amide bonds. The fourth-order valence-corrected chi connectivity index (χ4v) is 3.87. The molecule has 7 heteroatoms. The Kier molecular flexibility index (Phi) is 3.00. The van der Waals surface area contributed by atoms with Gasteiger partial charge in [0.15, 0.2) is 0 Å². The molecule has 0 radical (unpaired) electrons. The molecule has 0 bridgehead atoms. The number of hydrogen-bond acceptors (Lipinski definition) is 3. The molecular formula is C16H16F2N2O3. The summed E-state index contributed by atoms with van der Waals surface area (Å²) in [7, 11) is 0. The first-order chi connectivity index (χ1) is 10.9. The van der Waals surface area contributed by atoms with E-state index in [1.807, 2.05) is 0 Å². The summed E-state index contributed by atoms with van der Waals surface area (Å²) < 4.78 is 32.9. The van der Waals surface area contributed by atoms with Gasteiger partial charge >= 0.3 is 5.69 Å². The Morgan fingerprint density at radius 2 is 2.00 bits per heavy atom. The lowest BCUT2D eigenvalue weighted by molar-refractivity contribution is -0.160. The van der Waals surface area contributed by atoms with E-state index in [9.17, 15) is 18.4 Å². The molecule has 1 aliphatic carbocycles. The molecule has 1 aromatic heterocycles. The molecule has 1 spiro atoms. The number of aromatic amines is 1. The molecule has 5 nitrogen and oxygen atoms in total. The predicted molar refractivity (Wildman–Crippen MR) is 79.8 cm³/mol. The van der Waals surface area contributed by atoms with E-state index in [-0.39, 0.29) is 37.7 Å². The van der Waals surface area contributed by atoms with Crippen molar-refractivity contribution in [1.82, 2.24) is 9.55 Å². The van der Waals surface area contributed by atoms with E-state index in [1.165, 1.54) is 0 Å². The van der Waals surface area contributed by atoms with Crippen molar-refractivity contribution in [2.75, 3.05) is 6.61 Å². The molecule has 23 heavy (non-hydrogen) atoms. The maximum absolute atomic E-state index is 13.1. The molecule has 2 aliphatic rings. The number of hydrogen-bond donors (Lipinski definition) is 1. The third kappa shape index (κ3) is 2.39. The second-order valence-corrected chi connectivity index (χ2v) is 6.74. The molecule has 2 fully saturated rings. The normalized spacial score (nSPS) is 24.9. The number of aromatic nitrogens is 2. The van der Waals surface area contributed by atoms with E-state index >= 15 is 0 Å². The standard InChI is InChI=1S/C16H16F2N2O3/c17-16(18)7-15(8-16)5-10(23-9-15)6-20-13(21)11-3-1-2-4-12(11)19-14(20)22/h1-4,10H,5-9H2,(H,19,22). The average Bonchev–Trinajstić information content (AvgIpc) is 2.85. The highest BCUT2D eigenvalue weighted by atomic mass is 19.3. The van der Waals surface area contributed by atoms with Gasteiger partial charge in [-0.25, -0.2) is 13.6 Å². The van der Waals surface area contributed by atoms with Crippen molar-refractivity contribution in [3.8, 4) is 0 Å². The molecule has 1 N–H and O–H groups in total. The van der Waals surface area contributed by atoms with E-state index in [0.717, 1.165) is 4.57 Å². The molecule has 1 unspecified atom stereocenters. The topological polar surface area (TPSA) is 64.1 Å². The lowest BCUT2D eigenvalue weighted by Crippen LogP contribution is -2.46. The molecule has 1 aromatic carbocycles. The Morgan fingerprint density at radius 3 is 2.74 bits per heavy atom. The molecule has 1 saturated carbocycles.